The van der Waals surface area contributed by atoms with Crippen molar-refractivity contribution in [3.05, 3.63) is 16.1 Å². The van der Waals surface area contributed by atoms with Crippen molar-refractivity contribution < 1.29 is 0 Å². The molecule has 0 bridgehead atoms. The molecule has 1 aromatic heterocycles. The fourth-order valence-corrected chi connectivity index (χ4v) is 1.31. The number of thiol groups is 1. The molecule has 0 unspecified atom stereocenters. The molecule has 1 aromatic rings. The normalized spacial score (nSPS) is 8.89. The van der Waals surface area contributed by atoms with E-state index in [1.165, 1.54) is 11.3 Å². The third kappa shape index (κ3) is 1.44. The zero-order chi connectivity index (χ0) is 6.69. The maximum atomic E-state index is 8.32. The highest BCUT2D eigenvalue weighted by molar-refractivity contribution is 7.79. The lowest BCUT2D eigenvalue weighted by molar-refractivity contribution is 1.23. The summed E-state index contributed by atoms with van der Waals surface area (Å²) >= 11 is 5.46. The molecule has 1 heterocycles. The first-order chi connectivity index (χ1) is 4.36. The Hall–Kier alpha value is -0.530. The van der Waals surface area contributed by atoms with Gasteiger partial charge in [0, 0.05) is 11.1 Å². The molecular formula is C5H4N2S2. The summed E-state index contributed by atoms with van der Waals surface area (Å²) < 4.78 is 0. The van der Waals surface area contributed by atoms with Gasteiger partial charge < -0.3 is 0 Å². The van der Waals surface area contributed by atoms with Gasteiger partial charge in [0.05, 0.1) is 0 Å². The molecule has 0 saturated carbocycles. The quantitative estimate of drug-likeness (QED) is 0.625. The Morgan fingerprint density at radius 1 is 1.89 bits per heavy atom. The first-order valence-corrected chi connectivity index (χ1v) is 3.83. The minimum Gasteiger partial charge on any atom is -0.230 e. The maximum Gasteiger partial charge on any atom is 0.151 e. The van der Waals surface area contributed by atoms with Crippen molar-refractivity contribution in [2.24, 2.45) is 0 Å². The monoisotopic (exact) mass is 156 g/mol. The van der Waals surface area contributed by atoms with E-state index in [1.54, 1.807) is 5.38 Å². The van der Waals surface area contributed by atoms with Gasteiger partial charge in [0.25, 0.3) is 0 Å². The zero-order valence-electron chi connectivity index (χ0n) is 4.53. The van der Waals surface area contributed by atoms with Gasteiger partial charge in [-0.25, -0.2) is 4.98 Å². The van der Waals surface area contributed by atoms with Crippen molar-refractivity contribution >= 4 is 24.0 Å². The van der Waals surface area contributed by atoms with Gasteiger partial charge >= 0.3 is 0 Å². The van der Waals surface area contributed by atoms with Gasteiger partial charge in [-0.2, -0.15) is 17.9 Å². The highest BCUT2D eigenvalue weighted by Crippen LogP contribution is 2.09. The van der Waals surface area contributed by atoms with E-state index in [0.717, 1.165) is 5.01 Å². The van der Waals surface area contributed by atoms with Crippen LogP contribution in [-0.2, 0) is 5.75 Å². The summed E-state index contributed by atoms with van der Waals surface area (Å²) in [5, 5.41) is 10.9. The Kier molecular flexibility index (Phi) is 2.09. The third-order valence-electron chi connectivity index (χ3n) is 0.802. The molecule has 0 fully saturated rings. The Labute approximate surface area is 62.6 Å². The topological polar surface area (TPSA) is 36.7 Å². The zero-order valence-corrected chi connectivity index (χ0v) is 6.25. The third-order valence-corrected chi connectivity index (χ3v) is 2.16. The molecule has 1 rings (SSSR count). The molecule has 0 aromatic carbocycles. The summed E-state index contributed by atoms with van der Waals surface area (Å²) in [4.78, 5) is 3.93. The summed E-state index contributed by atoms with van der Waals surface area (Å²) in [6.45, 7) is 0. The van der Waals surface area contributed by atoms with E-state index in [4.69, 9.17) is 5.26 Å². The molecule has 0 amide bonds. The summed E-state index contributed by atoms with van der Waals surface area (Å²) in [7, 11) is 0. The van der Waals surface area contributed by atoms with Gasteiger partial charge in [-0.1, -0.05) is 0 Å². The highest BCUT2D eigenvalue weighted by atomic mass is 32.1. The summed E-state index contributed by atoms with van der Waals surface area (Å²) in [5.41, 5.74) is 0.490. The second kappa shape index (κ2) is 2.85. The number of thiazole rings is 1. The molecule has 46 valence electrons. The van der Waals surface area contributed by atoms with Crippen LogP contribution in [-0.4, -0.2) is 4.98 Å². The molecule has 0 radical (unpaired) electrons. The number of hydrogen-bond acceptors (Lipinski definition) is 4. The van der Waals surface area contributed by atoms with E-state index >= 15 is 0 Å². The lowest BCUT2D eigenvalue weighted by Crippen LogP contribution is -1.74. The number of nitriles is 1. The van der Waals surface area contributed by atoms with Gasteiger partial charge in [-0.3, -0.25) is 0 Å². The van der Waals surface area contributed by atoms with Gasteiger partial charge in [-0.05, 0) is 0 Å². The van der Waals surface area contributed by atoms with Crippen molar-refractivity contribution in [1.29, 1.82) is 5.26 Å². The summed E-state index contributed by atoms with van der Waals surface area (Å²) in [5.74, 6) is 0.617. The van der Waals surface area contributed by atoms with Crippen LogP contribution in [0.15, 0.2) is 5.38 Å². The Morgan fingerprint density at radius 3 is 3.00 bits per heavy atom. The minimum atomic E-state index is 0.490. The van der Waals surface area contributed by atoms with Gasteiger partial charge in [0.2, 0.25) is 0 Å². The maximum absolute atomic E-state index is 8.32. The second-order valence-electron chi connectivity index (χ2n) is 1.40. The van der Waals surface area contributed by atoms with Gasteiger partial charge in [-0.15, -0.1) is 11.3 Å². The van der Waals surface area contributed by atoms with Crippen LogP contribution in [0.2, 0.25) is 0 Å². The number of rotatable bonds is 1. The van der Waals surface area contributed by atoms with E-state index in [0.29, 0.717) is 11.4 Å². The average molecular weight is 156 g/mol. The lowest BCUT2D eigenvalue weighted by Gasteiger charge is -1.77. The molecule has 0 spiro atoms. The SMILES string of the molecule is N#Cc1csc(CS)n1. The largest absolute Gasteiger partial charge is 0.230 e. The van der Waals surface area contributed by atoms with Crippen LogP contribution in [0.25, 0.3) is 0 Å². The molecule has 0 saturated heterocycles. The van der Waals surface area contributed by atoms with Crippen molar-refractivity contribution in [1.82, 2.24) is 4.98 Å². The van der Waals surface area contributed by atoms with E-state index in [1.807, 2.05) is 6.07 Å². The summed E-state index contributed by atoms with van der Waals surface area (Å²) in [6, 6.07) is 1.95. The molecule has 4 heteroatoms. The molecule has 9 heavy (non-hydrogen) atoms. The highest BCUT2D eigenvalue weighted by Gasteiger charge is 1.96. The van der Waals surface area contributed by atoms with Crippen LogP contribution in [0.5, 0.6) is 0 Å². The number of hydrogen-bond donors (Lipinski definition) is 1. The predicted molar refractivity (Wildman–Crippen MR) is 39.5 cm³/mol. The molecule has 0 N–H and O–H groups in total. The molecular weight excluding hydrogens is 152 g/mol. The van der Waals surface area contributed by atoms with Gasteiger partial charge in [0.1, 0.15) is 11.1 Å². The van der Waals surface area contributed by atoms with Gasteiger partial charge in [0.15, 0.2) is 5.69 Å². The minimum absolute atomic E-state index is 0.490. The van der Waals surface area contributed by atoms with Crippen molar-refractivity contribution in [2.75, 3.05) is 0 Å². The van der Waals surface area contributed by atoms with E-state index in [-0.39, 0.29) is 0 Å². The fraction of sp³-hybridized carbons (Fsp3) is 0.200. The smallest absolute Gasteiger partial charge is 0.151 e. The Morgan fingerprint density at radius 2 is 2.67 bits per heavy atom. The summed E-state index contributed by atoms with van der Waals surface area (Å²) in [6.07, 6.45) is 0. The fourth-order valence-electron chi connectivity index (χ4n) is 0.435. The standard InChI is InChI=1S/C5H4N2S2/c6-1-4-3-9-5(2-8)7-4/h3,8H,2H2. The van der Waals surface area contributed by atoms with Crippen molar-refractivity contribution in [3.8, 4) is 6.07 Å². The Balaban J connectivity index is 2.90. The van der Waals surface area contributed by atoms with E-state index < -0.39 is 0 Å². The van der Waals surface area contributed by atoms with Crippen LogP contribution in [0.1, 0.15) is 10.7 Å². The number of aromatic nitrogens is 1. The van der Waals surface area contributed by atoms with Crippen LogP contribution in [0.3, 0.4) is 0 Å². The molecule has 0 aliphatic rings. The van der Waals surface area contributed by atoms with Crippen LogP contribution < -0.4 is 0 Å². The van der Waals surface area contributed by atoms with E-state index in [9.17, 15) is 0 Å². The molecule has 2 nitrogen and oxygen atoms in total. The predicted octanol–water partition coefficient (Wildman–Crippen LogP) is 1.44. The van der Waals surface area contributed by atoms with Crippen LogP contribution in [0, 0.1) is 11.3 Å². The van der Waals surface area contributed by atoms with Crippen molar-refractivity contribution in [3.63, 3.8) is 0 Å². The first-order valence-electron chi connectivity index (χ1n) is 2.32. The Bertz CT molecular complexity index is 235. The second-order valence-corrected chi connectivity index (χ2v) is 2.66. The molecule has 0 aliphatic heterocycles. The average Bonchev–Trinajstić information content (AvgIpc) is 2.34. The van der Waals surface area contributed by atoms with Crippen LogP contribution in [0.4, 0.5) is 0 Å². The first kappa shape index (κ1) is 6.59. The lowest BCUT2D eigenvalue weighted by atomic mass is 10.6. The molecule has 0 atom stereocenters. The van der Waals surface area contributed by atoms with Crippen molar-refractivity contribution in [2.45, 2.75) is 5.75 Å². The van der Waals surface area contributed by atoms with Crippen LogP contribution >= 0.6 is 24.0 Å². The molecule has 0 aliphatic carbocycles. The van der Waals surface area contributed by atoms with E-state index in [2.05, 4.69) is 17.6 Å². The number of nitrogens with zero attached hydrogens (tertiary/aromatic N) is 2.